The molecule has 20 heavy (non-hydrogen) atoms. The monoisotopic (exact) mass is 353 g/mol. The Hall–Kier alpha value is -1.85. The number of carbonyl (C=O) groups is 2. The fourth-order valence-electron chi connectivity index (χ4n) is 1.55. The normalized spacial score (nSPS) is 10.1. The second-order valence-electron chi connectivity index (χ2n) is 3.96. The highest BCUT2D eigenvalue weighted by atomic mass is 79.9. The van der Waals surface area contributed by atoms with Crippen LogP contribution in [0.1, 0.15) is 20.7 Å². The Labute approximate surface area is 128 Å². The molecule has 0 aromatic heterocycles. The maximum absolute atomic E-state index is 12.0. The molecular weight excluding hydrogens is 346 g/mol. The number of aromatic carboxylic acids is 1. The molecule has 0 bridgehead atoms. The lowest BCUT2D eigenvalue weighted by Crippen LogP contribution is -2.12. The lowest BCUT2D eigenvalue weighted by molar-refractivity contribution is 0.0696. The summed E-state index contributed by atoms with van der Waals surface area (Å²) in [4.78, 5) is 22.7. The van der Waals surface area contributed by atoms with Crippen molar-refractivity contribution in [1.82, 2.24) is 0 Å². The number of rotatable bonds is 3. The van der Waals surface area contributed by atoms with E-state index in [9.17, 15) is 9.59 Å². The van der Waals surface area contributed by atoms with Crippen LogP contribution in [0.4, 0.5) is 5.69 Å². The van der Waals surface area contributed by atoms with Crippen LogP contribution in [0, 0.1) is 0 Å². The molecule has 0 fully saturated rings. The van der Waals surface area contributed by atoms with E-state index in [4.69, 9.17) is 16.7 Å². The van der Waals surface area contributed by atoms with Gasteiger partial charge in [-0.3, -0.25) is 4.79 Å². The van der Waals surface area contributed by atoms with Crippen molar-refractivity contribution in [1.29, 1.82) is 0 Å². The van der Waals surface area contributed by atoms with Crippen LogP contribution in [0.3, 0.4) is 0 Å². The minimum atomic E-state index is -1.03. The van der Waals surface area contributed by atoms with E-state index in [2.05, 4.69) is 21.2 Å². The maximum Gasteiger partial charge on any atom is 0.335 e. The number of hydrogen-bond acceptors (Lipinski definition) is 2. The molecule has 0 unspecified atom stereocenters. The fraction of sp³-hybridized carbons (Fsp3) is 0. The van der Waals surface area contributed by atoms with Gasteiger partial charge in [0.25, 0.3) is 5.91 Å². The van der Waals surface area contributed by atoms with Crippen LogP contribution in [0.2, 0.25) is 5.02 Å². The van der Waals surface area contributed by atoms with E-state index in [-0.39, 0.29) is 11.5 Å². The smallest absolute Gasteiger partial charge is 0.335 e. The number of halogens is 2. The van der Waals surface area contributed by atoms with E-state index in [1.807, 2.05) is 0 Å². The highest BCUT2D eigenvalue weighted by Crippen LogP contribution is 2.26. The van der Waals surface area contributed by atoms with Crippen molar-refractivity contribution in [3.8, 4) is 0 Å². The second-order valence-corrected chi connectivity index (χ2v) is 5.28. The van der Waals surface area contributed by atoms with Crippen LogP contribution in [0.25, 0.3) is 0 Å². The summed E-state index contributed by atoms with van der Waals surface area (Å²) in [6.07, 6.45) is 0. The summed E-state index contributed by atoms with van der Waals surface area (Å²) in [6.45, 7) is 0. The number of anilines is 1. The molecule has 0 saturated heterocycles. The van der Waals surface area contributed by atoms with Crippen molar-refractivity contribution >= 4 is 45.1 Å². The fourth-order valence-corrected chi connectivity index (χ4v) is 2.27. The van der Waals surface area contributed by atoms with Gasteiger partial charge in [-0.2, -0.15) is 0 Å². The molecule has 0 heterocycles. The Morgan fingerprint density at radius 3 is 2.20 bits per heavy atom. The first-order chi connectivity index (χ1) is 9.47. The summed E-state index contributed by atoms with van der Waals surface area (Å²) >= 11 is 9.28. The van der Waals surface area contributed by atoms with E-state index in [0.717, 1.165) is 4.47 Å². The molecule has 1 amide bonds. The van der Waals surface area contributed by atoms with Gasteiger partial charge in [-0.25, -0.2) is 4.79 Å². The van der Waals surface area contributed by atoms with E-state index < -0.39 is 5.97 Å². The Morgan fingerprint density at radius 2 is 1.65 bits per heavy atom. The molecule has 0 atom stereocenters. The predicted octanol–water partition coefficient (Wildman–Crippen LogP) is 4.05. The van der Waals surface area contributed by atoms with Crippen LogP contribution >= 0.6 is 27.5 Å². The molecule has 2 rings (SSSR count). The number of nitrogens with one attached hydrogen (secondary N) is 1. The lowest BCUT2D eigenvalue weighted by atomic mass is 10.1. The zero-order valence-corrected chi connectivity index (χ0v) is 12.4. The first kappa shape index (κ1) is 14.6. The standard InChI is InChI=1S/C14H9BrClNO3/c15-10-5-6-12(11(16)7-10)17-13(18)8-1-3-9(4-2-8)14(19)20/h1-7H,(H,17,18)(H,19,20). The molecule has 0 aliphatic heterocycles. The Morgan fingerprint density at radius 1 is 1.05 bits per heavy atom. The van der Waals surface area contributed by atoms with Gasteiger partial charge in [0.05, 0.1) is 16.3 Å². The van der Waals surface area contributed by atoms with E-state index in [1.54, 1.807) is 18.2 Å². The Kier molecular flexibility index (Phi) is 4.42. The molecule has 4 nitrogen and oxygen atoms in total. The molecule has 0 saturated carbocycles. The molecule has 0 spiro atoms. The van der Waals surface area contributed by atoms with Gasteiger partial charge in [0.2, 0.25) is 0 Å². The summed E-state index contributed by atoms with van der Waals surface area (Å²) in [5.74, 6) is -1.39. The van der Waals surface area contributed by atoms with Crippen molar-refractivity contribution < 1.29 is 14.7 Å². The van der Waals surface area contributed by atoms with Crippen LogP contribution < -0.4 is 5.32 Å². The van der Waals surface area contributed by atoms with Gasteiger partial charge in [-0.15, -0.1) is 0 Å². The van der Waals surface area contributed by atoms with Gasteiger partial charge in [0.1, 0.15) is 0 Å². The summed E-state index contributed by atoms with van der Waals surface area (Å²) in [6, 6.07) is 10.8. The second kappa shape index (κ2) is 6.07. The number of amides is 1. The van der Waals surface area contributed by atoms with E-state index in [1.165, 1.54) is 24.3 Å². The Balaban J connectivity index is 2.17. The number of carboxylic acids is 1. The number of hydrogen-bond donors (Lipinski definition) is 2. The van der Waals surface area contributed by atoms with Gasteiger partial charge in [-0.1, -0.05) is 27.5 Å². The minimum Gasteiger partial charge on any atom is -0.478 e. The third kappa shape index (κ3) is 3.37. The maximum atomic E-state index is 12.0. The third-order valence-electron chi connectivity index (χ3n) is 2.57. The third-order valence-corrected chi connectivity index (χ3v) is 3.38. The zero-order valence-electron chi connectivity index (χ0n) is 10.1. The zero-order chi connectivity index (χ0) is 14.7. The molecule has 6 heteroatoms. The molecule has 0 aliphatic carbocycles. The summed E-state index contributed by atoms with van der Waals surface area (Å²) in [5, 5.41) is 11.9. The van der Waals surface area contributed by atoms with Crippen molar-refractivity contribution in [3.05, 3.63) is 63.1 Å². The van der Waals surface area contributed by atoms with Gasteiger partial charge in [0, 0.05) is 10.0 Å². The van der Waals surface area contributed by atoms with Crippen LogP contribution in [0.15, 0.2) is 46.9 Å². The minimum absolute atomic E-state index is 0.128. The van der Waals surface area contributed by atoms with Gasteiger partial charge in [0.15, 0.2) is 0 Å². The molecule has 2 N–H and O–H groups in total. The van der Waals surface area contributed by atoms with Crippen molar-refractivity contribution in [2.45, 2.75) is 0 Å². The number of carboxylic acid groups (broad SMARTS) is 1. The van der Waals surface area contributed by atoms with Gasteiger partial charge in [-0.05, 0) is 42.5 Å². The molecule has 0 radical (unpaired) electrons. The molecule has 2 aromatic rings. The summed E-state index contributed by atoms with van der Waals surface area (Å²) < 4.78 is 0.811. The van der Waals surface area contributed by atoms with Crippen LogP contribution in [-0.4, -0.2) is 17.0 Å². The highest BCUT2D eigenvalue weighted by Gasteiger charge is 2.10. The van der Waals surface area contributed by atoms with Gasteiger partial charge >= 0.3 is 5.97 Å². The van der Waals surface area contributed by atoms with E-state index >= 15 is 0 Å². The highest BCUT2D eigenvalue weighted by molar-refractivity contribution is 9.10. The van der Waals surface area contributed by atoms with Crippen molar-refractivity contribution in [2.24, 2.45) is 0 Å². The van der Waals surface area contributed by atoms with E-state index in [0.29, 0.717) is 16.3 Å². The number of carbonyl (C=O) groups excluding carboxylic acids is 1. The Bertz CT molecular complexity index is 671. The van der Waals surface area contributed by atoms with Crippen molar-refractivity contribution in [3.63, 3.8) is 0 Å². The lowest BCUT2D eigenvalue weighted by Gasteiger charge is -2.07. The summed E-state index contributed by atoms with van der Waals surface area (Å²) in [7, 11) is 0. The topological polar surface area (TPSA) is 66.4 Å². The predicted molar refractivity (Wildman–Crippen MR) is 80.5 cm³/mol. The molecular formula is C14H9BrClNO3. The van der Waals surface area contributed by atoms with Gasteiger partial charge < -0.3 is 10.4 Å². The first-order valence-electron chi connectivity index (χ1n) is 5.57. The quantitative estimate of drug-likeness (QED) is 0.874. The SMILES string of the molecule is O=C(O)c1ccc(C(=O)Nc2ccc(Br)cc2Cl)cc1. The number of benzene rings is 2. The molecule has 102 valence electrons. The molecule has 2 aromatic carbocycles. The molecule has 0 aliphatic rings. The largest absolute Gasteiger partial charge is 0.478 e. The first-order valence-corrected chi connectivity index (χ1v) is 6.74. The average molecular weight is 355 g/mol. The van der Waals surface area contributed by atoms with Crippen molar-refractivity contribution in [2.75, 3.05) is 5.32 Å². The van der Waals surface area contributed by atoms with Crippen LogP contribution in [0.5, 0.6) is 0 Å². The average Bonchev–Trinajstić information content (AvgIpc) is 2.42. The summed E-state index contributed by atoms with van der Waals surface area (Å²) in [5.41, 5.74) is 0.972. The van der Waals surface area contributed by atoms with Crippen LogP contribution in [-0.2, 0) is 0 Å².